The summed E-state index contributed by atoms with van der Waals surface area (Å²) in [6, 6.07) is 0. The van der Waals surface area contributed by atoms with Crippen LogP contribution in [0, 0.1) is 0 Å². The Hall–Kier alpha value is -0.890. The third-order valence-corrected chi connectivity index (χ3v) is 3.83. The van der Waals surface area contributed by atoms with Gasteiger partial charge in [0.2, 0.25) is 0 Å². The predicted octanol–water partition coefficient (Wildman–Crippen LogP) is -4.01. The SMILES string of the molecule is COC1COC(OC2C(O)C(O)OC(C(=O)O)C2O)C(O)C1O. The number of methoxy groups -OCH3 is 1. The van der Waals surface area contributed by atoms with E-state index in [4.69, 9.17) is 19.3 Å². The number of aliphatic carboxylic acids is 1. The Balaban J connectivity index is 2.09. The van der Waals surface area contributed by atoms with Gasteiger partial charge in [-0.15, -0.1) is 0 Å². The van der Waals surface area contributed by atoms with E-state index in [1.54, 1.807) is 0 Å². The minimum absolute atomic E-state index is 0.139. The Bertz CT molecular complexity index is 418. The minimum atomic E-state index is -1.91. The van der Waals surface area contributed by atoms with Gasteiger partial charge in [0.05, 0.1) is 6.61 Å². The number of aliphatic hydroxyl groups is 5. The fourth-order valence-corrected chi connectivity index (χ4v) is 2.46. The molecular formula is C12H20O11. The van der Waals surface area contributed by atoms with Crippen molar-refractivity contribution in [3.63, 3.8) is 0 Å². The van der Waals surface area contributed by atoms with Crippen molar-refractivity contribution in [3.05, 3.63) is 0 Å². The molecule has 2 heterocycles. The number of carbonyl (C=O) groups is 1. The van der Waals surface area contributed by atoms with Crippen LogP contribution < -0.4 is 0 Å². The van der Waals surface area contributed by atoms with Gasteiger partial charge >= 0.3 is 5.97 Å². The highest BCUT2D eigenvalue weighted by atomic mass is 16.7. The summed E-state index contributed by atoms with van der Waals surface area (Å²) in [6.45, 7) is -0.139. The summed E-state index contributed by atoms with van der Waals surface area (Å²) in [6.07, 6.45) is -14.2. The van der Waals surface area contributed by atoms with E-state index in [2.05, 4.69) is 4.74 Å². The van der Waals surface area contributed by atoms with Gasteiger partial charge in [-0.05, 0) is 0 Å². The molecule has 2 rings (SSSR count). The molecule has 0 radical (unpaired) electrons. The van der Waals surface area contributed by atoms with Crippen LogP contribution in [-0.4, -0.2) is 106 Å². The van der Waals surface area contributed by atoms with E-state index in [9.17, 15) is 30.3 Å². The fraction of sp³-hybridized carbons (Fsp3) is 0.917. The first kappa shape index (κ1) is 18.4. The van der Waals surface area contributed by atoms with Crippen LogP contribution in [0.15, 0.2) is 0 Å². The highest BCUT2D eigenvalue weighted by Gasteiger charge is 2.50. The number of carboxylic acid groups (broad SMARTS) is 1. The van der Waals surface area contributed by atoms with Crippen LogP contribution in [0.3, 0.4) is 0 Å². The Labute approximate surface area is 130 Å². The molecule has 134 valence electrons. The summed E-state index contributed by atoms with van der Waals surface area (Å²) < 4.78 is 19.8. The molecule has 0 saturated carbocycles. The van der Waals surface area contributed by atoms with Crippen LogP contribution >= 0.6 is 0 Å². The normalized spacial score (nSPS) is 48.2. The molecule has 0 spiro atoms. The summed E-state index contributed by atoms with van der Waals surface area (Å²) in [5, 5.41) is 58.0. The lowest BCUT2D eigenvalue weighted by Gasteiger charge is -2.43. The second kappa shape index (κ2) is 7.34. The third kappa shape index (κ3) is 3.63. The predicted molar refractivity (Wildman–Crippen MR) is 68.0 cm³/mol. The van der Waals surface area contributed by atoms with Crippen molar-refractivity contribution in [2.45, 2.75) is 55.3 Å². The number of aliphatic hydroxyl groups excluding tert-OH is 5. The molecular weight excluding hydrogens is 320 g/mol. The summed E-state index contributed by atoms with van der Waals surface area (Å²) in [5.41, 5.74) is 0. The molecule has 9 unspecified atom stereocenters. The zero-order chi connectivity index (χ0) is 17.3. The molecule has 23 heavy (non-hydrogen) atoms. The quantitative estimate of drug-likeness (QED) is 0.294. The topological polar surface area (TPSA) is 175 Å². The molecule has 11 heteroatoms. The maximum atomic E-state index is 11.0. The summed E-state index contributed by atoms with van der Waals surface area (Å²) >= 11 is 0. The highest BCUT2D eigenvalue weighted by Crippen LogP contribution is 2.27. The second-order valence-corrected chi connectivity index (χ2v) is 5.32. The Morgan fingerprint density at radius 1 is 1.04 bits per heavy atom. The molecule has 2 fully saturated rings. The van der Waals surface area contributed by atoms with Gasteiger partial charge in [0.1, 0.15) is 36.6 Å². The standard InChI is InChI=1S/C12H20O11/c1-20-3-2-21-12(5(14)4(3)13)23-8-6(15)9(10(17)18)22-11(19)7(8)16/h3-9,11-16,19H,2H2,1H3,(H,17,18). The average Bonchev–Trinajstić information content (AvgIpc) is 2.51. The van der Waals surface area contributed by atoms with Crippen molar-refractivity contribution in [2.24, 2.45) is 0 Å². The molecule has 6 N–H and O–H groups in total. The van der Waals surface area contributed by atoms with E-state index in [1.807, 2.05) is 0 Å². The van der Waals surface area contributed by atoms with Gasteiger partial charge in [-0.1, -0.05) is 0 Å². The Morgan fingerprint density at radius 2 is 1.70 bits per heavy atom. The highest BCUT2D eigenvalue weighted by molar-refractivity contribution is 5.73. The van der Waals surface area contributed by atoms with Crippen molar-refractivity contribution in [1.29, 1.82) is 0 Å². The zero-order valence-electron chi connectivity index (χ0n) is 12.1. The van der Waals surface area contributed by atoms with Gasteiger partial charge < -0.3 is 49.6 Å². The van der Waals surface area contributed by atoms with Crippen LogP contribution in [0.5, 0.6) is 0 Å². The van der Waals surface area contributed by atoms with Crippen LogP contribution in [0.25, 0.3) is 0 Å². The lowest BCUT2D eigenvalue weighted by atomic mass is 9.98. The van der Waals surface area contributed by atoms with E-state index in [-0.39, 0.29) is 6.61 Å². The van der Waals surface area contributed by atoms with Crippen LogP contribution in [-0.2, 0) is 23.7 Å². The van der Waals surface area contributed by atoms with Crippen molar-refractivity contribution in [1.82, 2.24) is 0 Å². The largest absolute Gasteiger partial charge is 0.479 e. The third-order valence-electron chi connectivity index (χ3n) is 3.83. The molecule has 9 atom stereocenters. The van der Waals surface area contributed by atoms with Crippen molar-refractivity contribution in [2.75, 3.05) is 13.7 Å². The molecule has 2 saturated heterocycles. The molecule has 11 nitrogen and oxygen atoms in total. The summed E-state index contributed by atoms with van der Waals surface area (Å²) in [4.78, 5) is 11.0. The lowest BCUT2D eigenvalue weighted by molar-refractivity contribution is -0.339. The van der Waals surface area contributed by atoms with Gasteiger partial charge in [-0.3, -0.25) is 0 Å². The van der Waals surface area contributed by atoms with E-state index >= 15 is 0 Å². The van der Waals surface area contributed by atoms with Crippen molar-refractivity contribution in [3.8, 4) is 0 Å². The van der Waals surface area contributed by atoms with Crippen LogP contribution in [0.2, 0.25) is 0 Å². The lowest BCUT2D eigenvalue weighted by Crippen LogP contribution is -2.63. The first-order valence-corrected chi connectivity index (χ1v) is 6.86. The monoisotopic (exact) mass is 340 g/mol. The van der Waals surface area contributed by atoms with Crippen molar-refractivity contribution >= 4 is 5.97 Å². The zero-order valence-corrected chi connectivity index (χ0v) is 12.1. The maximum Gasteiger partial charge on any atom is 0.335 e. The van der Waals surface area contributed by atoms with Crippen LogP contribution in [0.1, 0.15) is 0 Å². The number of hydrogen-bond donors (Lipinski definition) is 6. The van der Waals surface area contributed by atoms with Gasteiger partial charge in [-0.25, -0.2) is 4.79 Å². The summed E-state index contributed by atoms with van der Waals surface area (Å²) in [7, 11) is 1.31. The number of rotatable bonds is 4. The first-order chi connectivity index (χ1) is 10.8. The van der Waals surface area contributed by atoms with Crippen molar-refractivity contribution < 1.29 is 54.4 Å². The molecule has 0 aromatic carbocycles. The van der Waals surface area contributed by atoms with Gasteiger partial charge in [-0.2, -0.15) is 0 Å². The number of ether oxygens (including phenoxy) is 4. The first-order valence-electron chi connectivity index (χ1n) is 6.86. The second-order valence-electron chi connectivity index (χ2n) is 5.32. The molecule has 0 amide bonds. The molecule has 2 aliphatic rings. The Morgan fingerprint density at radius 3 is 2.26 bits per heavy atom. The fourth-order valence-electron chi connectivity index (χ4n) is 2.46. The molecule has 2 aliphatic heterocycles. The van der Waals surface area contributed by atoms with E-state index < -0.39 is 61.3 Å². The smallest absolute Gasteiger partial charge is 0.335 e. The van der Waals surface area contributed by atoms with E-state index in [0.29, 0.717) is 0 Å². The summed E-state index contributed by atoms with van der Waals surface area (Å²) in [5.74, 6) is -1.57. The maximum absolute atomic E-state index is 11.0. The molecule has 0 bridgehead atoms. The molecule has 0 aromatic heterocycles. The van der Waals surface area contributed by atoms with Crippen LogP contribution in [0.4, 0.5) is 0 Å². The average molecular weight is 340 g/mol. The van der Waals surface area contributed by atoms with Gasteiger partial charge in [0.15, 0.2) is 18.7 Å². The molecule has 0 aliphatic carbocycles. The van der Waals surface area contributed by atoms with Gasteiger partial charge in [0, 0.05) is 7.11 Å². The number of carboxylic acids is 1. The Kier molecular flexibility index (Phi) is 5.89. The van der Waals surface area contributed by atoms with E-state index in [0.717, 1.165) is 0 Å². The minimum Gasteiger partial charge on any atom is -0.479 e. The molecule has 0 aromatic rings. The van der Waals surface area contributed by atoms with E-state index in [1.165, 1.54) is 7.11 Å². The van der Waals surface area contributed by atoms with Gasteiger partial charge in [0.25, 0.3) is 0 Å². The number of hydrogen-bond acceptors (Lipinski definition) is 10.